The molecule has 3 aromatic rings. The number of benzene rings is 1. The van der Waals surface area contributed by atoms with Crippen LogP contribution >= 0.6 is 24.0 Å². The highest BCUT2D eigenvalue weighted by Crippen LogP contribution is 2.17. The number of hydrogen-bond acceptors (Lipinski definition) is 4. The molecular weight excluding hydrogens is 467 g/mol. The zero-order chi connectivity index (χ0) is 18.9. The van der Waals surface area contributed by atoms with E-state index in [0.29, 0.717) is 19.7 Å². The molecule has 2 heterocycles. The Bertz CT molecular complexity index is 924. The Kier molecular flexibility index (Phi) is 8.73. The van der Waals surface area contributed by atoms with E-state index in [1.807, 2.05) is 53.1 Å². The maximum Gasteiger partial charge on any atom is 0.191 e. The van der Waals surface area contributed by atoms with Gasteiger partial charge in [0, 0.05) is 38.3 Å². The molecular formula is C20H25IN6O. The molecule has 0 bridgehead atoms. The van der Waals surface area contributed by atoms with Crippen LogP contribution in [0.15, 0.2) is 66.3 Å². The van der Waals surface area contributed by atoms with E-state index < -0.39 is 0 Å². The molecule has 0 amide bonds. The van der Waals surface area contributed by atoms with Gasteiger partial charge in [0.2, 0.25) is 0 Å². The molecule has 0 aliphatic carbocycles. The minimum atomic E-state index is 0. The lowest BCUT2D eigenvalue weighted by Gasteiger charge is -2.14. The molecule has 0 saturated heterocycles. The summed E-state index contributed by atoms with van der Waals surface area (Å²) in [6.07, 6.45) is 4.45. The van der Waals surface area contributed by atoms with E-state index in [1.165, 1.54) is 0 Å². The number of rotatable bonds is 8. The number of para-hydroxylation sites is 1. The van der Waals surface area contributed by atoms with Crippen molar-refractivity contribution in [1.82, 2.24) is 25.2 Å². The van der Waals surface area contributed by atoms with E-state index in [1.54, 1.807) is 13.1 Å². The van der Waals surface area contributed by atoms with Crippen molar-refractivity contribution in [2.45, 2.75) is 13.0 Å². The Morgan fingerprint density at radius 1 is 1.18 bits per heavy atom. The molecule has 2 aromatic heterocycles. The van der Waals surface area contributed by atoms with Gasteiger partial charge in [-0.25, -0.2) is 0 Å². The summed E-state index contributed by atoms with van der Waals surface area (Å²) >= 11 is 0. The summed E-state index contributed by atoms with van der Waals surface area (Å²) in [5, 5.41) is 15.0. The number of fused-ring (bicyclic) bond motifs is 1. The molecule has 0 fully saturated rings. The predicted octanol–water partition coefficient (Wildman–Crippen LogP) is 2.82. The lowest BCUT2D eigenvalue weighted by Crippen LogP contribution is -2.38. The van der Waals surface area contributed by atoms with Crippen molar-refractivity contribution in [1.29, 1.82) is 0 Å². The van der Waals surface area contributed by atoms with Crippen LogP contribution < -0.4 is 15.4 Å². The van der Waals surface area contributed by atoms with Crippen LogP contribution in [0.5, 0.6) is 5.75 Å². The van der Waals surface area contributed by atoms with Crippen molar-refractivity contribution < 1.29 is 4.74 Å². The average molecular weight is 492 g/mol. The molecule has 0 aliphatic rings. The topological polar surface area (TPSA) is 75.8 Å². The second-order valence-electron chi connectivity index (χ2n) is 5.86. The van der Waals surface area contributed by atoms with Crippen LogP contribution in [-0.4, -0.2) is 40.8 Å². The first kappa shape index (κ1) is 21.7. The normalized spacial score (nSPS) is 11.0. The molecule has 0 radical (unpaired) electrons. The van der Waals surface area contributed by atoms with E-state index in [0.717, 1.165) is 35.2 Å². The van der Waals surface area contributed by atoms with Gasteiger partial charge in [-0.3, -0.25) is 9.39 Å². The molecule has 0 saturated carbocycles. The van der Waals surface area contributed by atoms with Crippen molar-refractivity contribution in [2.75, 3.05) is 20.2 Å². The molecule has 148 valence electrons. The van der Waals surface area contributed by atoms with E-state index in [-0.39, 0.29) is 24.0 Å². The first-order valence-corrected chi connectivity index (χ1v) is 8.86. The molecule has 0 spiro atoms. The fraction of sp³-hybridized carbons (Fsp3) is 0.250. The third-order valence-corrected chi connectivity index (χ3v) is 4.02. The zero-order valence-electron chi connectivity index (χ0n) is 15.8. The smallest absolute Gasteiger partial charge is 0.191 e. The summed E-state index contributed by atoms with van der Waals surface area (Å²) in [6.45, 7) is 5.48. The number of ether oxygens (including phenoxy) is 1. The minimum absolute atomic E-state index is 0. The predicted molar refractivity (Wildman–Crippen MR) is 122 cm³/mol. The van der Waals surface area contributed by atoms with Crippen LogP contribution in [0.1, 0.15) is 11.4 Å². The van der Waals surface area contributed by atoms with Crippen molar-refractivity contribution in [2.24, 2.45) is 4.99 Å². The molecule has 28 heavy (non-hydrogen) atoms. The van der Waals surface area contributed by atoms with Gasteiger partial charge in [0.1, 0.15) is 18.2 Å². The van der Waals surface area contributed by atoms with Crippen molar-refractivity contribution in [3.8, 4) is 5.75 Å². The highest BCUT2D eigenvalue weighted by molar-refractivity contribution is 14.0. The molecule has 7 nitrogen and oxygen atoms in total. The van der Waals surface area contributed by atoms with Gasteiger partial charge in [-0.15, -0.1) is 34.2 Å². The van der Waals surface area contributed by atoms with Gasteiger partial charge in [-0.2, -0.15) is 0 Å². The Morgan fingerprint density at radius 2 is 2.00 bits per heavy atom. The highest BCUT2D eigenvalue weighted by Gasteiger charge is 2.06. The molecule has 1 aromatic carbocycles. The van der Waals surface area contributed by atoms with Crippen LogP contribution in [0.3, 0.4) is 0 Å². The largest absolute Gasteiger partial charge is 0.489 e. The van der Waals surface area contributed by atoms with Gasteiger partial charge < -0.3 is 15.4 Å². The Balaban J connectivity index is 0.00000280. The number of guanidine groups is 1. The Hall–Kier alpha value is -2.62. The van der Waals surface area contributed by atoms with Crippen molar-refractivity contribution >= 4 is 35.6 Å². The third kappa shape index (κ3) is 5.69. The number of halogens is 1. The number of pyridine rings is 1. The SMILES string of the molecule is C=CCOc1ccccc1CNC(=NC)NCCc1nnc2ccccn12.I. The first-order valence-electron chi connectivity index (χ1n) is 8.86. The first-order chi connectivity index (χ1) is 13.3. The lowest BCUT2D eigenvalue weighted by atomic mass is 10.2. The summed E-state index contributed by atoms with van der Waals surface area (Å²) in [5.41, 5.74) is 1.91. The summed E-state index contributed by atoms with van der Waals surface area (Å²) in [5.74, 6) is 2.48. The monoisotopic (exact) mass is 492 g/mol. The van der Waals surface area contributed by atoms with Crippen LogP contribution in [0.25, 0.3) is 5.65 Å². The van der Waals surface area contributed by atoms with Gasteiger partial charge in [0.05, 0.1) is 0 Å². The van der Waals surface area contributed by atoms with Gasteiger partial charge in [0.25, 0.3) is 0 Å². The quantitative estimate of drug-likeness (QED) is 0.219. The maximum atomic E-state index is 5.69. The van der Waals surface area contributed by atoms with Gasteiger partial charge in [-0.05, 0) is 18.2 Å². The van der Waals surface area contributed by atoms with E-state index >= 15 is 0 Å². The second-order valence-corrected chi connectivity index (χ2v) is 5.86. The summed E-state index contributed by atoms with van der Waals surface area (Å²) in [4.78, 5) is 4.27. The maximum absolute atomic E-state index is 5.69. The fourth-order valence-corrected chi connectivity index (χ4v) is 2.69. The third-order valence-electron chi connectivity index (χ3n) is 4.02. The Labute approximate surface area is 181 Å². The number of nitrogens with one attached hydrogen (secondary N) is 2. The standard InChI is InChI=1S/C20H24N6O.HI/c1-3-14-27-17-9-5-4-8-16(17)15-23-20(21-2)22-12-11-19-25-24-18-10-6-7-13-26(18)19;/h3-10,13H,1,11-12,14-15H2,2H3,(H2,21,22,23);1H. The molecule has 8 heteroatoms. The summed E-state index contributed by atoms with van der Waals surface area (Å²) < 4.78 is 7.68. The fourth-order valence-electron chi connectivity index (χ4n) is 2.69. The van der Waals surface area contributed by atoms with Gasteiger partial charge in [-0.1, -0.05) is 36.9 Å². The minimum Gasteiger partial charge on any atom is -0.489 e. The van der Waals surface area contributed by atoms with Crippen LogP contribution in [-0.2, 0) is 13.0 Å². The zero-order valence-corrected chi connectivity index (χ0v) is 18.2. The second kappa shape index (κ2) is 11.3. The Morgan fingerprint density at radius 3 is 2.82 bits per heavy atom. The van der Waals surface area contributed by atoms with Crippen LogP contribution in [0.4, 0.5) is 0 Å². The van der Waals surface area contributed by atoms with Crippen LogP contribution in [0, 0.1) is 0 Å². The number of nitrogens with zero attached hydrogens (tertiary/aromatic N) is 4. The molecule has 0 atom stereocenters. The molecule has 0 unspecified atom stereocenters. The van der Waals surface area contributed by atoms with E-state index in [4.69, 9.17) is 4.74 Å². The number of aromatic nitrogens is 3. The average Bonchev–Trinajstić information content (AvgIpc) is 3.13. The lowest BCUT2D eigenvalue weighted by molar-refractivity contribution is 0.358. The molecule has 0 aliphatic heterocycles. The van der Waals surface area contributed by atoms with Crippen LogP contribution in [0.2, 0.25) is 0 Å². The van der Waals surface area contributed by atoms with E-state index in [2.05, 4.69) is 32.4 Å². The molecule has 3 rings (SSSR count). The van der Waals surface area contributed by atoms with Gasteiger partial charge in [0.15, 0.2) is 11.6 Å². The van der Waals surface area contributed by atoms with Crippen molar-refractivity contribution in [3.05, 3.63) is 72.7 Å². The van der Waals surface area contributed by atoms with Crippen molar-refractivity contribution in [3.63, 3.8) is 0 Å². The number of aliphatic imine (C=N–C) groups is 1. The number of hydrogen-bond donors (Lipinski definition) is 2. The van der Waals surface area contributed by atoms with E-state index in [9.17, 15) is 0 Å². The summed E-state index contributed by atoms with van der Waals surface area (Å²) in [7, 11) is 1.75. The highest BCUT2D eigenvalue weighted by atomic mass is 127. The molecule has 2 N–H and O–H groups in total. The van der Waals surface area contributed by atoms with Gasteiger partial charge >= 0.3 is 0 Å². The summed E-state index contributed by atoms with van der Waals surface area (Å²) in [6, 6.07) is 13.8.